The van der Waals surface area contributed by atoms with Crippen molar-refractivity contribution in [2.75, 3.05) is 25.1 Å². The van der Waals surface area contributed by atoms with E-state index in [1.54, 1.807) is 11.9 Å². The Morgan fingerprint density at radius 2 is 2.07 bits per heavy atom. The molecular weight excluding hydrogens is 198 g/mol. The lowest BCUT2D eigenvalue weighted by Crippen LogP contribution is -2.28. The monoisotopic (exact) mass is 213 g/mol. The van der Waals surface area contributed by atoms with Crippen LogP contribution in [0.25, 0.3) is 0 Å². The van der Waals surface area contributed by atoms with Crippen molar-refractivity contribution in [2.24, 2.45) is 0 Å². The number of aromatic amines is 2. The molecule has 0 aliphatic heterocycles. The molecule has 15 heavy (non-hydrogen) atoms. The zero-order chi connectivity index (χ0) is 11.3. The van der Waals surface area contributed by atoms with Gasteiger partial charge in [-0.2, -0.15) is 0 Å². The van der Waals surface area contributed by atoms with Crippen LogP contribution >= 0.6 is 0 Å². The van der Waals surface area contributed by atoms with E-state index >= 15 is 0 Å². The van der Waals surface area contributed by atoms with Gasteiger partial charge in [-0.3, -0.25) is 14.8 Å². The van der Waals surface area contributed by atoms with Crippen LogP contribution in [0.3, 0.4) is 0 Å². The molecule has 0 radical (unpaired) electrons. The Morgan fingerprint density at radius 1 is 1.33 bits per heavy atom. The summed E-state index contributed by atoms with van der Waals surface area (Å²) in [5, 5.41) is 8.61. The molecule has 1 aromatic heterocycles. The van der Waals surface area contributed by atoms with Gasteiger partial charge in [-0.05, 0) is 12.8 Å². The van der Waals surface area contributed by atoms with Gasteiger partial charge in [0.05, 0.1) is 0 Å². The summed E-state index contributed by atoms with van der Waals surface area (Å²) in [6, 6.07) is 1.33. The average Bonchev–Trinajstić information content (AvgIpc) is 2.16. The Kier molecular flexibility index (Phi) is 4.11. The minimum absolute atomic E-state index is 0.153. The first-order valence-electron chi connectivity index (χ1n) is 4.79. The third-order valence-corrected chi connectivity index (χ3v) is 2.06. The molecule has 0 aliphatic carbocycles. The molecule has 0 unspecified atom stereocenters. The van der Waals surface area contributed by atoms with Gasteiger partial charge in [0.2, 0.25) is 0 Å². The molecule has 3 N–H and O–H groups in total. The van der Waals surface area contributed by atoms with Crippen molar-refractivity contribution in [2.45, 2.75) is 12.8 Å². The van der Waals surface area contributed by atoms with E-state index in [2.05, 4.69) is 9.97 Å². The van der Waals surface area contributed by atoms with Gasteiger partial charge in [0.15, 0.2) is 0 Å². The molecule has 0 spiro atoms. The fourth-order valence-electron chi connectivity index (χ4n) is 1.24. The maximum absolute atomic E-state index is 11.0. The summed E-state index contributed by atoms with van der Waals surface area (Å²) >= 11 is 0. The molecular formula is C9H15N3O3. The maximum atomic E-state index is 11.0. The second kappa shape index (κ2) is 5.35. The number of anilines is 1. The van der Waals surface area contributed by atoms with E-state index in [9.17, 15) is 9.59 Å². The normalized spacial score (nSPS) is 10.3. The molecule has 0 atom stereocenters. The molecule has 0 saturated heterocycles. The van der Waals surface area contributed by atoms with Crippen LogP contribution in [0.2, 0.25) is 0 Å². The Balaban J connectivity index is 2.69. The zero-order valence-electron chi connectivity index (χ0n) is 8.62. The fourth-order valence-corrected chi connectivity index (χ4v) is 1.24. The van der Waals surface area contributed by atoms with Gasteiger partial charge >= 0.3 is 5.69 Å². The highest BCUT2D eigenvalue weighted by Crippen LogP contribution is 2.03. The maximum Gasteiger partial charge on any atom is 0.327 e. The number of aromatic nitrogens is 2. The summed E-state index contributed by atoms with van der Waals surface area (Å²) in [5.41, 5.74) is -0.922. The lowest BCUT2D eigenvalue weighted by Gasteiger charge is -2.17. The predicted molar refractivity (Wildman–Crippen MR) is 57.3 cm³/mol. The molecule has 0 aliphatic rings. The van der Waals surface area contributed by atoms with Crippen LogP contribution in [0.15, 0.2) is 15.7 Å². The molecule has 0 bridgehead atoms. The van der Waals surface area contributed by atoms with E-state index < -0.39 is 11.2 Å². The number of nitrogens with one attached hydrogen (secondary N) is 2. The minimum atomic E-state index is -0.508. The van der Waals surface area contributed by atoms with Crippen LogP contribution in [-0.2, 0) is 0 Å². The fraction of sp³-hybridized carbons (Fsp3) is 0.556. The van der Waals surface area contributed by atoms with E-state index in [0.717, 1.165) is 6.42 Å². The molecule has 0 aromatic carbocycles. The van der Waals surface area contributed by atoms with Gasteiger partial charge in [0.1, 0.15) is 5.82 Å². The molecule has 84 valence electrons. The average molecular weight is 213 g/mol. The quantitative estimate of drug-likeness (QED) is 0.563. The number of rotatable bonds is 5. The highest BCUT2D eigenvalue weighted by Gasteiger charge is 2.02. The Bertz CT molecular complexity index is 381. The van der Waals surface area contributed by atoms with Gasteiger partial charge in [-0.1, -0.05) is 0 Å². The summed E-state index contributed by atoms with van der Waals surface area (Å²) in [6.07, 6.45) is 1.51. The van der Waals surface area contributed by atoms with Crippen molar-refractivity contribution in [1.29, 1.82) is 0 Å². The van der Waals surface area contributed by atoms with Gasteiger partial charge in [-0.25, -0.2) is 4.79 Å². The van der Waals surface area contributed by atoms with Crippen LogP contribution in [-0.4, -0.2) is 35.3 Å². The number of hydrogen-bond acceptors (Lipinski definition) is 4. The van der Waals surface area contributed by atoms with Crippen molar-refractivity contribution in [3.63, 3.8) is 0 Å². The number of nitrogens with zero attached hydrogens (tertiary/aromatic N) is 1. The third kappa shape index (κ3) is 3.59. The van der Waals surface area contributed by atoms with Crippen LogP contribution < -0.4 is 16.1 Å². The topological polar surface area (TPSA) is 89.2 Å². The SMILES string of the molecule is CN(CCCCO)c1cc(=O)[nH]c(=O)[nH]1. The lowest BCUT2D eigenvalue weighted by atomic mass is 10.3. The smallest absolute Gasteiger partial charge is 0.327 e. The summed E-state index contributed by atoms with van der Waals surface area (Å²) in [5.74, 6) is 0.488. The Hall–Kier alpha value is -1.56. The number of aliphatic hydroxyl groups excluding tert-OH is 1. The highest BCUT2D eigenvalue weighted by atomic mass is 16.3. The molecule has 6 nitrogen and oxygen atoms in total. The van der Waals surface area contributed by atoms with E-state index in [-0.39, 0.29) is 6.61 Å². The third-order valence-electron chi connectivity index (χ3n) is 2.06. The Morgan fingerprint density at radius 3 is 2.67 bits per heavy atom. The summed E-state index contributed by atoms with van der Waals surface area (Å²) < 4.78 is 0. The van der Waals surface area contributed by atoms with Gasteiger partial charge in [-0.15, -0.1) is 0 Å². The molecule has 0 amide bonds. The number of H-pyrrole nitrogens is 2. The molecule has 1 rings (SSSR count). The second-order valence-corrected chi connectivity index (χ2v) is 3.33. The number of aliphatic hydroxyl groups is 1. The van der Waals surface area contributed by atoms with E-state index in [0.29, 0.717) is 18.8 Å². The molecule has 0 saturated carbocycles. The molecule has 0 fully saturated rings. The van der Waals surface area contributed by atoms with E-state index in [4.69, 9.17) is 5.11 Å². The molecule has 6 heteroatoms. The molecule has 1 aromatic rings. The number of hydrogen-bond donors (Lipinski definition) is 3. The largest absolute Gasteiger partial charge is 0.396 e. The first-order chi connectivity index (χ1) is 7.13. The zero-order valence-corrected chi connectivity index (χ0v) is 8.62. The van der Waals surface area contributed by atoms with Crippen LogP contribution in [0.1, 0.15) is 12.8 Å². The standard InChI is InChI=1S/C9H15N3O3/c1-12(4-2-3-5-13)7-6-8(14)11-9(15)10-7/h6,13H,2-5H2,1H3,(H2,10,11,14,15). The van der Waals surface area contributed by atoms with Crippen molar-refractivity contribution >= 4 is 5.82 Å². The van der Waals surface area contributed by atoms with Crippen LogP contribution in [0, 0.1) is 0 Å². The van der Waals surface area contributed by atoms with Crippen molar-refractivity contribution in [1.82, 2.24) is 9.97 Å². The van der Waals surface area contributed by atoms with Gasteiger partial charge < -0.3 is 10.0 Å². The van der Waals surface area contributed by atoms with E-state index in [1.165, 1.54) is 6.07 Å². The van der Waals surface area contributed by atoms with Crippen molar-refractivity contribution < 1.29 is 5.11 Å². The highest BCUT2D eigenvalue weighted by molar-refractivity contribution is 5.34. The lowest BCUT2D eigenvalue weighted by molar-refractivity contribution is 0.285. The number of unbranched alkanes of at least 4 members (excludes halogenated alkanes) is 1. The van der Waals surface area contributed by atoms with Gasteiger partial charge in [0, 0.05) is 26.3 Å². The van der Waals surface area contributed by atoms with E-state index in [1.807, 2.05) is 0 Å². The minimum Gasteiger partial charge on any atom is -0.396 e. The predicted octanol–water partition coefficient (Wildman–Crippen LogP) is -0.728. The van der Waals surface area contributed by atoms with Gasteiger partial charge in [0.25, 0.3) is 5.56 Å². The van der Waals surface area contributed by atoms with Crippen molar-refractivity contribution in [3.8, 4) is 0 Å². The summed E-state index contributed by atoms with van der Waals surface area (Å²) in [6.45, 7) is 0.833. The molecule has 1 heterocycles. The van der Waals surface area contributed by atoms with Crippen molar-refractivity contribution in [3.05, 3.63) is 26.9 Å². The first kappa shape index (κ1) is 11.5. The van der Waals surface area contributed by atoms with Crippen LogP contribution in [0.5, 0.6) is 0 Å². The Labute approximate surface area is 86.6 Å². The summed E-state index contributed by atoms with van der Waals surface area (Å²) in [4.78, 5) is 28.4. The summed E-state index contributed by atoms with van der Waals surface area (Å²) in [7, 11) is 1.78. The van der Waals surface area contributed by atoms with Crippen LogP contribution in [0.4, 0.5) is 5.82 Å². The second-order valence-electron chi connectivity index (χ2n) is 3.33. The first-order valence-corrected chi connectivity index (χ1v) is 4.79.